The van der Waals surface area contributed by atoms with Crippen LogP contribution in [0.1, 0.15) is 20.3 Å². The second-order valence-corrected chi connectivity index (χ2v) is 4.38. The quantitative estimate of drug-likeness (QED) is 0.785. The summed E-state index contributed by atoms with van der Waals surface area (Å²) in [6, 6.07) is 0.0127. The van der Waals surface area contributed by atoms with Gasteiger partial charge in [-0.25, -0.2) is 14.6 Å². The number of hydrogen-bond donors (Lipinski definition) is 2. The molecule has 0 spiro atoms. The summed E-state index contributed by atoms with van der Waals surface area (Å²) in [7, 11) is 0. The van der Waals surface area contributed by atoms with Crippen LogP contribution in [0.4, 0.5) is 5.82 Å². The lowest BCUT2D eigenvalue weighted by atomic mass is 10.1. The summed E-state index contributed by atoms with van der Waals surface area (Å²) >= 11 is 0. The fourth-order valence-corrected chi connectivity index (χ4v) is 2.21. The highest BCUT2D eigenvalue weighted by atomic mass is 16.5. The van der Waals surface area contributed by atoms with E-state index < -0.39 is 0 Å². The Hall–Kier alpha value is -1.73. The van der Waals surface area contributed by atoms with E-state index in [-0.39, 0.29) is 30.7 Å². The fraction of sp³-hybridized carbons (Fsp3) is 0.545. The third kappa shape index (κ3) is 1.81. The fourth-order valence-electron chi connectivity index (χ4n) is 2.21. The summed E-state index contributed by atoms with van der Waals surface area (Å²) in [4.78, 5) is 8.04. The van der Waals surface area contributed by atoms with Crippen molar-refractivity contribution in [2.24, 2.45) is 0 Å². The van der Waals surface area contributed by atoms with Gasteiger partial charge in [-0.15, -0.1) is 0 Å². The SMILES string of the molecule is [2H]c1nn(C2CCC(CO)OC2)c2ncnc(N)c12. The van der Waals surface area contributed by atoms with Crippen LogP contribution in [0, 0.1) is 0 Å². The van der Waals surface area contributed by atoms with E-state index in [1.807, 2.05) is 0 Å². The number of anilines is 1. The summed E-state index contributed by atoms with van der Waals surface area (Å²) in [6.45, 7) is 0.483. The number of aromatic nitrogens is 4. The zero-order valence-electron chi connectivity index (χ0n) is 10.8. The lowest BCUT2D eigenvalue weighted by Crippen LogP contribution is -2.30. The maximum absolute atomic E-state index is 9.05. The maximum atomic E-state index is 9.05. The van der Waals surface area contributed by atoms with Crippen LogP contribution in [0.3, 0.4) is 0 Å². The van der Waals surface area contributed by atoms with Crippen LogP contribution in [-0.2, 0) is 4.74 Å². The van der Waals surface area contributed by atoms with Gasteiger partial charge in [0.2, 0.25) is 0 Å². The van der Waals surface area contributed by atoms with Crippen LogP contribution < -0.4 is 5.73 Å². The van der Waals surface area contributed by atoms with Crippen LogP contribution in [-0.4, -0.2) is 44.2 Å². The van der Waals surface area contributed by atoms with Gasteiger partial charge in [-0.1, -0.05) is 0 Å². The van der Waals surface area contributed by atoms with Crippen molar-refractivity contribution in [3.63, 3.8) is 0 Å². The van der Waals surface area contributed by atoms with E-state index in [9.17, 15) is 0 Å². The van der Waals surface area contributed by atoms with Crippen molar-refractivity contribution in [3.05, 3.63) is 12.5 Å². The van der Waals surface area contributed by atoms with E-state index in [2.05, 4.69) is 15.1 Å². The zero-order chi connectivity index (χ0) is 13.4. The highest BCUT2D eigenvalue weighted by Gasteiger charge is 2.24. The second-order valence-electron chi connectivity index (χ2n) is 4.38. The predicted octanol–water partition coefficient (Wildman–Crippen LogP) is 0.121. The molecule has 2 atom stereocenters. The van der Waals surface area contributed by atoms with E-state index in [1.54, 1.807) is 4.68 Å². The first kappa shape index (κ1) is 10.2. The normalized spacial score (nSPS) is 25.3. The molecule has 0 saturated carbocycles. The van der Waals surface area contributed by atoms with Gasteiger partial charge in [0.1, 0.15) is 12.1 Å². The van der Waals surface area contributed by atoms with Gasteiger partial charge in [-0.2, -0.15) is 5.10 Å². The first-order chi connectivity index (χ1) is 9.20. The van der Waals surface area contributed by atoms with Crippen LogP contribution in [0.2, 0.25) is 0 Å². The summed E-state index contributed by atoms with van der Waals surface area (Å²) in [5.74, 6) is 0.270. The van der Waals surface area contributed by atoms with Crippen molar-refractivity contribution in [1.82, 2.24) is 19.7 Å². The van der Waals surface area contributed by atoms with E-state index in [1.165, 1.54) is 6.33 Å². The van der Waals surface area contributed by atoms with Gasteiger partial charge in [0.25, 0.3) is 0 Å². The van der Waals surface area contributed by atoms with E-state index >= 15 is 0 Å². The first-order valence-corrected chi connectivity index (χ1v) is 5.88. The Balaban J connectivity index is 1.96. The maximum Gasteiger partial charge on any atom is 0.163 e. The smallest absolute Gasteiger partial charge is 0.163 e. The molecule has 3 rings (SSSR count). The molecule has 0 aliphatic carbocycles. The lowest BCUT2D eigenvalue weighted by molar-refractivity contribution is -0.0404. The molecule has 3 N–H and O–H groups in total. The van der Waals surface area contributed by atoms with Gasteiger partial charge >= 0.3 is 0 Å². The standard InChI is InChI=1S/C11H15N5O2/c12-10-9-3-15-16(11(9)14-6-13-10)7-1-2-8(4-17)18-5-7/h3,6-8,17H,1-2,4-5H2,(H2,12,13,14)/i3D. The number of rotatable bonds is 2. The number of aliphatic hydroxyl groups excluding tert-OH is 1. The lowest BCUT2D eigenvalue weighted by Gasteiger charge is -2.28. The molecule has 1 fully saturated rings. The molecule has 0 bridgehead atoms. The van der Waals surface area contributed by atoms with Crippen molar-refractivity contribution < 1.29 is 11.2 Å². The summed E-state index contributed by atoms with van der Waals surface area (Å²) < 4.78 is 15.1. The zero-order valence-corrected chi connectivity index (χ0v) is 9.78. The molecule has 7 heteroatoms. The molecule has 0 radical (unpaired) electrons. The number of aliphatic hydroxyl groups is 1. The topological polar surface area (TPSA) is 99.1 Å². The number of fused-ring (bicyclic) bond motifs is 1. The minimum atomic E-state index is -0.103. The Morgan fingerprint density at radius 1 is 1.56 bits per heavy atom. The molecule has 7 nitrogen and oxygen atoms in total. The molecule has 3 heterocycles. The molecule has 1 aliphatic rings. The average molecular weight is 250 g/mol. The molecular formula is C11H15N5O2. The Morgan fingerprint density at radius 2 is 2.44 bits per heavy atom. The predicted molar refractivity (Wildman–Crippen MR) is 64.8 cm³/mol. The van der Waals surface area contributed by atoms with Gasteiger partial charge in [0.05, 0.1) is 38.3 Å². The Kier molecular flexibility index (Phi) is 2.56. The highest BCUT2D eigenvalue weighted by Crippen LogP contribution is 2.26. The summed E-state index contributed by atoms with van der Waals surface area (Å²) in [5, 5.41) is 13.7. The molecule has 0 amide bonds. The van der Waals surface area contributed by atoms with Crippen molar-refractivity contribution in [1.29, 1.82) is 0 Å². The summed E-state index contributed by atoms with van der Waals surface area (Å²) in [6.07, 6.45) is 2.93. The number of nitrogen functional groups attached to an aromatic ring is 1. The van der Waals surface area contributed by atoms with Crippen molar-refractivity contribution in [2.45, 2.75) is 25.0 Å². The minimum absolute atomic E-state index is 0.0127. The third-order valence-corrected chi connectivity index (χ3v) is 3.24. The molecular weight excluding hydrogens is 234 g/mol. The van der Waals surface area contributed by atoms with Gasteiger partial charge in [0.15, 0.2) is 5.65 Å². The van der Waals surface area contributed by atoms with Crippen LogP contribution in [0.15, 0.2) is 12.5 Å². The van der Waals surface area contributed by atoms with Gasteiger partial charge in [0, 0.05) is 0 Å². The van der Waals surface area contributed by atoms with E-state index in [0.29, 0.717) is 17.6 Å². The van der Waals surface area contributed by atoms with Crippen molar-refractivity contribution in [3.8, 4) is 0 Å². The molecule has 2 aromatic rings. The molecule has 18 heavy (non-hydrogen) atoms. The molecule has 1 saturated heterocycles. The first-order valence-electron chi connectivity index (χ1n) is 6.38. The largest absolute Gasteiger partial charge is 0.394 e. The number of hydrogen-bond acceptors (Lipinski definition) is 6. The van der Waals surface area contributed by atoms with Crippen LogP contribution in [0.25, 0.3) is 11.0 Å². The molecule has 2 aromatic heterocycles. The van der Waals surface area contributed by atoms with Gasteiger partial charge in [-0.3, -0.25) is 0 Å². The van der Waals surface area contributed by atoms with E-state index in [4.69, 9.17) is 16.9 Å². The Bertz CT molecular complexity index is 594. The number of nitrogens with zero attached hydrogens (tertiary/aromatic N) is 4. The monoisotopic (exact) mass is 250 g/mol. The van der Waals surface area contributed by atoms with Crippen molar-refractivity contribution >= 4 is 16.9 Å². The number of ether oxygens (including phenoxy) is 1. The molecule has 0 aromatic carbocycles. The molecule has 2 unspecified atom stereocenters. The van der Waals surface area contributed by atoms with Crippen molar-refractivity contribution in [2.75, 3.05) is 18.9 Å². The second kappa shape index (κ2) is 4.51. The molecule has 96 valence electrons. The summed E-state index contributed by atoms with van der Waals surface area (Å²) in [5.41, 5.74) is 6.32. The van der Waals surface area contributed by atoms with Crippen LogP contribution >= 0.6 is 0 Å². The Morgan fingerprint density at radius 3 is 3.17 bits per heavy atom. The number of nitrogens with two attached hydrogens (primary N) is 1. The van der Waals surface area contributed by atoms with Gasteiger partial charge in [-0.05, 0) is 12.8 Å². The molecule has 1 aliphatic heterocycles. The minimum Gasteiger partial charge on any atom is -0.394 e. The van der Waals surface area contributed by atoms with Gasteiger partial charge < -0.3 is 15.6 Å². The highest BCUT2D eigenvalue weighted by molar-refractivity contribution is 5.84. The van der Waals surface area contributed by atoms with Crippen LogP contribution in [0.5, 0.6) is 0 Å². The third-order valence-electron chi connectivity index (χ3n) is 3.24. The average Bonchev–Trinajstić information content (AvgIpc) is 2.78. The van der Waals surface area contributed by atoms with E-state index in [0.717, 1.165) is 12.8 Å². The Labute approximate surface area is 105 Å².